The van der Waals surface area contributed by atoms with E-state index in [0.717, 1.165) is 18.1 Å². The molecule has 0 aliphatic carbocycles. The zero-order chi connectivity index (χ0) is 17.6. The fraction of sp³-hybridized carbons (Fsp3) is 0.400. The molecule has 0 spiro atoms. The number of hydrogen-bond acceptors (Lipinski definition) is 3. The maximum Gasteiger partial charge on any atom is 0.171 e. The Bertz CT molecular complexity index is 687. The molecule has 1 fully saturated rings. The van der Waals surface area contributed by atoms with Crippen LogP contribution in [0.3, 0.4) is 0 Å². The van der Waals surface area contributed by atoms with E-state index in [2.05, 4.69) is 52.6 Å². The number of rotatable bonds is 4. The van der Waals surface area contributed by atoms with E-state index in [4.69, 9.17) is 12.2 Å². The number of aromatic nitrogens is 1. The van der Waals surface area contributed by atoms with Crippen molar-refractivity contribution in [2.24, 2.45) is 0 Å². The highest BCUT2D eigenvalue weighted by atomic mass is 32.1. The third kappa shape index (κ3) is 4.69. The lowest BCUT2D eigenvalue weighted by Crippen LogP contribution is -2.38. The molecule has 0 unspecified atom stereocenters. The summed E-state index contributed by atoms with van der Waals surface area (Å²) in [4.78, 5) is 7.01. The van der Waals surface area contributed by atoms with Gasteiger partial charge in [-0.15, -0.1) is 0 Å². The maximum atomic E-state index is 5.43. The molecular formula is C20H26N4S. The summed E-state index contributed by atoms with van der Waals surface area (Å²) < 4.78 is 0. The van der Waals surface area contributed by atoms with Gasteiger partial charge in [-0.05, 0) is 63.0 Å². The van der Waals surface area contributed by atoms with Crippen LogP contribution in [-0.2, 0) is 0 Å². The van der Waals surface area contributed by atoms with E-state index in [1.54, 1.807) is 0 Å². The highest BCUT2D eigenvalue weighted by Gasteiger charge is 2.19. The highest BCUT2D eigenvalue weighted by Crippen LogP contribution is 2.23. The zero-order valence-electron chi connectivity index (χ0n) is 14.9. The molecule has 2 aromatic rings. The zero-order valence-corrected chi connectivity index (χ0v) is 15.7. The van der Waals surface area contributed by atoms with Crippen LogP contribution in [0, 0.1) is 0 Å². The van der Waals surface area contributed by atoms with Crippen LogP contribution in [0.25, 0.3) is 0 Å². The molecule has 1 saturated heterocycles. The predicted octanol–water partition coefficient (Wildman–Crippen LogP) is 4.51. The van der Waals surface area contributed by atoms with Gasteiger partial charge in [0.2, 0.25) is 0 Å². The molecule has 1 aromatic carbocycles. The summed E-state index contributed by atoms with van der Waals surface area (Å²) in [5.74, 6) is 1.05. The SMILES string of the molecule is C[C@H](NC(=S)Nc1ccc(N2CCCC[C@H]2C)nc1)c1ccccc1. The smallest absolute Gasteiger partial charge is 0.171 e. The third-order valence-corrected chi connectivity index (χ3v) is 4.97. The van der Waals surface area contributed by atoms with Gasteiger partial charge in [-0.1, -0.05) is 30.3 Å². The lowest BCUT2D eigenvalue weighted by molar-refractivity contribution is 0.481. The number of nitrogens with one attached hydrogen (secondary N) is 2. The second kappa shape index (κ2) is 8.30. The van der Waals surface area contributed by atoms with Crippen LogP contribution in [-0.4, -0.2) is 22.7 Å². The molecule has 132 valence electrons. The molecule has 0 saturated carbocycles. The van der Waals surface area contributed by atoms with Crippen molar-refractivity contribution in [1.82, 2.24) is 10.3 Å². The Morgan fingerprint density at radius 2 is 2.00 bits per heavy atom. The van der Waals surface area contributed by atoms with Crippen molar-refractivity contribution in [3.8, 4) is 0 Å². The van der Waals surface area contributed by atoms with Crippen LogP contribution in [0.2, 0.25) is 0 Å². The van der Waals surface area contributed by atoms with Gasteiger partial charge in [0.25, 0.3) is 0 Å². The fourth-order valence-electron chi connectivity index (χ4n) is 3.26. The minimum atomic E-state index is 0.155. The van der Waals surface area contributed by atoms with Crippen molar-refractivity contribution >= 4 is 28.8 Å². The molecule has 25 heavy (non-hydrogen) atoms. The summed E-state index contributed by atoms with van der Waals surface area (Å²) in [6, 6.07) is 15.1. The average molecular weight is 355 g/mol. The molecule has 0 radical (unpaired) electrons. The van der Waals surface area contributed by atoms with E-state index in [1.165, 1.54) is 24.8 Å². The molecule has 3 rings (SSSR count). The summed E-state index contributed by atoms with van der Waals surface area (Å²) in [6.07, 6.45) is 5.67. The maximum absolute atomic E-state index is 5.43. The fourth-order valence-corrected chi connectivity index (χ4v) is 3.55. The monoisotopic (exact) mass is 354 g/mol. The molecule has 5 heteroatoms. The number of hydrogen-bond donors (Lipinski definition) is 2. The molecule has 2 atom stereocenters. The topological polar surface area (TPSA) is 40.2 Å². The van der Waals surface area contributed by atoms with Gasteiger partial charge >= 0.3 is 0 Å². The summed E-state index contributed by atoms with van der Waals surface area (Å²) in [7, 11) is 0. The third-order valence-electron chi connectivity index (χ3n) is 4.75. The molecule has 0 bridgehead atoms. The van der Waals surface area contributed by atoms with Crippen LogP contribution in [0.5, 0.6) is 0 Å². The molecule has 0 amide bonds. The summed E-state index contributed by atoms with van der Waals surface area (Å²) in [6.45, 7) is 5.47. The van der Waals surface area contributed by atoms with E-state index in [9.17, 15) is 0 Å². The van der Waals surface area contributed by atoms with Crippen molar-refractivity contribution in [1.29, 1.82) is 0 Å². The van der Waals surface area contributed by atoms with Crippen molar-refractivity contribution in [3.05, 3.63) is 54.2 Å². The molecule has 4 nitrogen and oxygen atoms in total. The van der Waals surface area contributed by atoms with Crippen molar-refractivity contribution in [2.45, 2.75) is 45.2 Å². The van der Waals surface area contributed by atoms with Gasteiger partial charge in [0.05, 0.1) is 17.9 Å². The molecule has 1 aromatic heterocycles. The van der Waals surface area contributed by atoms with Gasteiger partial charge < -0.3 is 15.5 Å². The van der Waals surface area contributed by atoms with E-state index in [-0.39, 0.29) is 6.04 Å². The van der Waals surface area contributed by atoms with Gasteiger partial charge in [0.1, 0.15) is 5.82 Å². The quantitative estimate of drug-likeness (QED) is 0.791. The van der Waals surface area contributed by atoms with Crippen LogP contribution < -0.4 is 15.5 Å². The molecule has 1 aliphatic heterocycles. The van der Waals surface area contributed by atoms with Crippen LogP contribution in [0.4, 0.5) is 11.5 Å². The van der Waals surface area contributed by atoms with E-state index >= 15 is 0 Å². The van der Waals surface area contributed by atoms with Crippen molar-refractivity contribution in [2.75, 3.05) is 16.8 Å². The van der Waals surface area contributed by atoms with Gasteiger partial charge in [-0.2, -0.15) is 0 Å². The predicted molar refractivity (Wildman–Crippen MR) is 109 cm³/mol. The number of nitrogens with zero attached hydrogens (tertiary/aromatic N) is 2. The van der Waals surface area contributed by atoms with Crippen molar-refractivity contribution < 1.29 is 0 Å². The highest BCUT2D eigenvalue weighted by molar-refractivity contribution is 7.80. The average Bonchev–Trinajstić information content (AvgIpc) is 2.63. The first kappa shape index (κ1) is 17.7. The lowest BCUT2D eigenvalue weighted by Gasteiger charge is -2.34. The minimum absolute atomic E-state index is 0.155. The number of anilines is 2. The number of piperidine rings is 1. The Labute approximate surface area is 155 Å². The number of pyridine rings is 1. The standard InChI is InChI=1S/C20H26N4S/c1-15-8-6-7-13-24(15)19-12-11-18(14-21-19)23-20(25)22-16(2)17-9-4-3-5-10-17/h3-5,9-12,14-16H,6-8,13H2,1-2H3,(H2,22,23,25)/t15-,16+/m1/s1. The Balaban J connectivity index is 1.56. The Morgan fingerprint density at radius 3 is 2.68 bits per heavy atom. The van der Waals surface area contributed by atoms with Crippen LogP contribution in [0.15, 0.2) is 48.7 Å². The molecular weight excluding hydrogens is 328 g/mol. The van der Waals surface area contributed by atoms with Gasteiger partial charge in [0.15, 0.2) is 5.11 Å². The lowest BCUT2D eigenvalue weighted by atomic mass is 10.0. The Hall–Kier alpha value is -2.14. The largest absolute Gasteiger partial charge is 0.356 e. The Morgan fingerprint density at radius 1 is 1.20 bits per heavy atom. The van der Waals surface area contributed by atoms with E-state index < -0.39 is 0 Å². The molecule has 1 aliphatic rings. The van der Waals surface area contributed by atoms with Gasteiger partial charge in [0, 0.05) is 12.6 Å². The van der Waals surface area contributed by atoms with Crippen LogP contribution in [0.1, 0.15) is 44.7 Å². The van der Waals surface area contributed by atoms with Crippen LogP contribution >= 0.6 is 12.2 Å². The second-order valence-corrected chi connectivity index (χ2v) is 7.08. The second-order valence-electron chi connectivity index (χ2n) is 6.67. The first-order chi connectivity index (χ1) is 12.1. The minimum Gasteiger partial charge on any atom is -0.356 e. The summed E-state index contributed by atoms with van der Waals surface area (Å²) in [5, 5.41) is 7.14. The normalized spacial score (nSPS) is 18.5. The number of benzene rings is 1. The Kier molecular flexibility index (Phi) is 5.87. The number of thiocarbonyl (C=S) groups is 1. The van der Waals surface area contributed by atoms with Gasteiger partial charge in [-0.25, -0.2) is 4.98 Å². The first-order valence-electron chi connectivity index (χ1n) is 8.98. The first-order valence-corrected chi connectivity index (χ1v) is 9.39. The summed E-state index contributed by atoms with van der Waals surface area (Å²) in [5.41, 5.74) is 2.12. The summed E-state index contributed by atoms with van der Waals surface area (Å²) >= 11 is 5.43. The molecule has 2 N–H and O–H groups in total. The van der Waals surface area contributed by atoms with E-state index in [0.29, 0.717) is 11.2 Å². The molecule has 2 heterocycles. The van der Waals surface area contributed by atoms with Crippen molar-refractivity contribution in [3.63, 3.8) is 0 Å². The van der Waals surface area contributed by atoms with E-state index in [1.807, 2.05) is 30.5 Å². The van der Waals surface area contributed by atoms with Gasteiger partial charge in [-0.3, -0.25) is 0 Å².